The fourth-order valence-electron chi connectivity index (χ4n) is 2.64. The molecule has 2 unspecified atom stereocenters. The van der Waals surface area contributed by atoms with Crippen molar-refractivity contribution in [2.45, 2.75) is 32.6 Å². The smallest absolute Gasteiger partial charge is 0.0527 e. The van der Waals surface area contributed by atoms with Crippen molar-refractivity contribution in [2.75, 3.05) is 13.1 Å². The van der Waals surface area contributed by atoms with Crippen LogP contribution in [0.4, 0.5) is 0 Å². The summed E-state index contributed by atoms with van der Waals surface area (Å²) < 4.78 is 1.99. The molecule has 0 spiro atoms. The average Bonchev–Trinajstić information content (AvgIpc) is 2.60. The molecule has 0 radical (unpaired) electrons. The highest BCUT2D eigenvalue weighted by molar-refractivity contribution is 5.22. The predicted octanol–water partition coefficient (Wildman–Crippen LogP) is 1.83. The van der Waals surface area contributed by atoms with Gasteiger partial charge in [-0.15, -0.1) is 0 Å². The molecule has 1 N–H and O–H groups in total. The SMILES string of the molecule is CCC1CNCCC1c1cnn(C)c1C. The van der Waals surface area contributed by atoms with Crippen LogP contribution in [-0.4, -0.2) is 22.9 Å². The van der Waals surface area contributed by atoms with Crippen LogP contribution in [0.25, 0.3) is 0 Å². The van der Waals surface area contributed by atoms with Crippen molar-refractivity contribution in [3.63, 3.8) is 0 Å². The molecule has 0 aliphatic carbocycles. The number of hydrogen-bond donors (Lipinski definition) is 1. The van der Waals surface area contributed by atoms with E-state index in [1.807, 2.05) is 11.7 Å². The Bertz CT molecular complexity index is 330. The van der Waals surface area contributed by atoms with Crippen LogP contribution >= 0.6 is 0 Å². The fraction of sp³-hybridized carbons (Fsp3) is 0.750. The van der Waals surface area contributed by atoms with Crippen LogP contribution in [0.5, 0.6) is 0 Å². The van der Waals surface area contributed by atoms with E-state index < -0.39 is 0 Å². The quantitative estimate of drug-likeness (QED) is 0.802. The van der Waals surface area contributed by atoms with Gasteiger partial charge in [0.25, 0.3) is 0 Å². The minimum atomic E-state index is 0.713. The molecule has 2 atom stereocenters. The number of nitrogens with one attached hydrogen (secondary N) is 1. The molecule has 15 heavy (non-hydrogen) atoms. The van der Waals surface area contributed by atoms with Gasteiger partial charge in [0.15, 0.2) is 0 Å². The lowest BCUT2D eigenvalue weighted by Crippen LogP contribution is -2.35. The Balaban J connectivity index is 2.24. The van der Waals surface area contributed by atoms with Crippen LogP contribution in [0.1, 0.15) is 36.9 Å². The largest absolute Gasteiger partial charge is 0.316 e. The van der Waals surface area contributed by atoms with E-state index in [1.54, 1.807) is 0 Å². The lowest BCUT2D eigenvalue weighted by Gasteiger charge is -2.31. The normalized spacial score (nSPS) is 26.9. The molecule has 2 rings (SSSR count). The molecular weight excluding hydrogens is 186 g/mol. The maximum Gasteiger partial charge on any atom is 0.0527 e. The van der Waals surface area contributed by atoms with Crippen molar-refractivity contribution in [3.8, 4) is 0 Å². The Hall–Kier alpha value is -0.830. The molecule has 0 aromatic carbocycles. The van der Waals surface area contributed by atoms with Crippen LogP contribution < -0.4 is 5.32 Å². The zero-order chi connectivity index (χ0) is 10.8. The van der Waals surface area contributed by atoms with E-state index in [9.17, 15) is 0 Å². The maximum atomic E-state index is 4.36. The minimum absolute atomic E-state index is 0.713. The van der Waals surface area contributed by atoms with Crippen molar-refractivity contribution in [3.05, 3.63) is 17.5 Å². The van der Waals surface area contributed by atoms with E-state index in [-0.39, 0.29) is 0 Å². The lowest BCUT2D eigenvalue weighted by atomic mass is 9.80. The Morgan fingerprint density at radius 2 is 2.40 bits per heavy atom. The Morgan fingerprint density at radius 3 is 3.00 bits per heavy atom. The molecule has 3 heteroatoms. The summed E-state index contributed by atoms with van der Waals surface area (Å²) in [6.07, 6.45) is 4.57. The van der Waals surface area contributed by atoms with Gasteiger partial charge >= 0.3 is 0 Å². The van der Waals surface area contributed by atoms with Crippen LogP contribution in [0.3, 0.4) is 0 Å². The first-order valence-electron chi connectivity index (χ1n) is 5.93. The zero-order valence-corrected chi connectivity index (χ0v) is 9.95. The summed E-state index contributed by atoms with van der Waals surface area (Å²) in [6.45, 7) is 6.78. The first-order valence-corrected chi connectivity index (χ1v) is 5.93. The summed E-state index contributed by atoms with van der Waals surface area (Å²) in [5.74, 6) is 1.49. The van der Waals surface area contributed by atoms with Crippen molar-refractivity contribution in [2.24, 2.45) is 13.0 Å². The molecule has 0 bridgehead atoms. The van der Waals surface area contributed by atoms with Gasteiger partial charge in [0.05, 0.1) is 6.20 Å². The monoisotopic (exact) mass is 207 g/mol. The summed E-state index contributed by atoms with van der Waals surface area (Å²) in [7, 11) is 2.03. The van der Waals surface area contributed by atoms with Gasteiger partial charge in [0, 0.05) is 12.7 Å². The third kappa shape index (κ3) is 1.93. The number of aryl methyl sites for hydroxylation is 1. The number of nitrogens with zero attached hydrogens (tertiary/aromatic N) is 2. The number of rotatable bonds is 2. The average molecular weight is 207 g/mol. The van der Waals surface area contributed by atoms with Crippen LogP contribution in [0.15, 0.2) is 6.20 Å². The van der Waals surface area contributed by atoms with Gasteiger partial charge in [-0.05, 0) is 43.8 Å². The number of aromatic nitrogens is 2. The first kappa shape index (κ1) is 10.7. The molecule has 1 fully saturated rings. The van der Waals surface area contributed by atoms with E-state index >= 15 is 0 Å². The van der Waals surface area contributed by atoms with Gasteiger partial charge in [-0.1, -0.05) is 13.3 Å². The molecule has 3 nitrogen and oxygen atoms in total. The molecule has 1 aliphatic heterocycles. The summed E-state index contributed by atoms with van der Waals surface area (Å²) in [5.41, 5.74) is 2.80. The van der Waals surface area contributed by atoms with Gasteiger partial charge in [-0.3, -0.25) is 4.68 Å². The molecular formula is C12H21N3. The highest BCUT2D eigenvalue weighted by atomic mass is 15.3. The molecule has 1 aromatic heterocycles. The topological polar surface area (TPSA) is 29.9 Å². The van der Waals surface area contributed by atoms with Crippen LogP contribution in [-0.2, 0) is 7.05 Å². The molecule has 84 valence electrons. The molecule has 1 aromatic rings. The summed E-state index contributed by atoms with van der Waals surface area (Å²) in [6, 6.07) is 0. The Morgan fingerprint density at radius 1 is 1.60 bits per heavy atom. The molecule has 1 aliphatic rings. The van der Waals surface area contributed by atoms with Gasteiger partial charge in [0.1, 0.15) is 0 Å². The van der Waals surface area contributed by atoms with Gasteiger partial charge < -0.3 is 5.32 Å². The maximum absolute atomic E-state index is 4.36. The van der Waals surface area contributed by atoms with Gasteiger partial charge in [-0.2, -0.15) is 5.10 Å². The molecule has 0 amide bonds. The summed E-state index contributed by atoms with van der Waals surface area (Å²) in [4.78, 5) is 0. The Kier molecular flexibility index (Phi) is 3.10. The number of hydrogen-bond acceptors (Lipinski definition) is 2. The van der Waals surface area contributed by atoms with E-state index in [0.717, 1.165) is 19.0 Å². The highest BCUT2D eigenvalue weighted by Crippen LogP contribution is 2.33. The third-order valence-electron chi connectivity index (χ3n) is 3.80. The van der Waals surface area contributed by atoms with E-state index in [1.165, 1.54) is 24.1 Å². The van der Waals surface area contributed by atoms with Crippen molar-refractivity contribution >= 4 is 0 Å². The standard InChI is InChI=1S/C12H21N3/c1-4-10-7-13-6-5-11(10)12-8-14-15(3)9(12)2/h8,10-11,13H,4-7H2,1-3H3. The van der Waals surface area contributed by atoms with Crippen LogP contribution in [0.2, 0.25) is 0 Å². The minimum Gasteiger partial charge on any atom is -0.316 e. The van der Waals surface area contributed by atoms with E-state index in [2.05, 4.69) is 30.5 Å². The zero-order valence-electron chi connectivity index (χ0n) is 9.95. The lowest BCUT2D eigenvalue weighted by molar-refractivity contribution is 0.317. The second-order valence-electron chi connectivity index (χ2n) is 4.58. The summed E-state index contributed by atoms with van der Waals surface area (Å²) >= 11 is 0. The molecule has 1 saturated heterocycles. The van der Waals surface area contributed by atoms with Gasteiger partial charge in [0.2, 0.25) is 0 Å². The van der Waals surface area contributed by atoms with Crippen molar-refractivity contribution in [1.29, 1.82) is 0 Å². The number of piperidine rings is 1. The fourth-order valence-corrected chi connectivity index (χ4v) is 2.64. The van der Waals surface area contributed by atoms with Crippen molar-refractivity contribution < 1.29 is 0 Å². The Labute approximate surface area is 91.9 Å². The van der Waals surface area contributed by atoms with Crippen LogP contribution in [0, 0.1) is 12.8 Å². The summed E-state index contributed by atoms with van der Waals surface area (Å²) in [5, 5.41) is 7.84. The molecule has 2 heterocycles. The predicted molar refractivity (Wildman–Crippen MR) is 62.0 cm³/mol. The van der Waals surface area contributed by atoms with Gasteiger partial charge in [-0.25, -0.2) is 0 Å². The third-order valence-corrected chi connectivity index (χ3v) is 3.80. The highest BCUT2D eigenvalue weighted by Gasteiger charge is 2.27. The second-order valence-corrected chi connectivity index (χ2v) is 4.58. The van der Waals surface area contributed by atoms with E-state index in [0.29, 0.717) is 5.92 Å². The van der Waals surface area contributed by atoms with E-state index in [4.69, 9.17) is 0 Å². The van der Waals surface area contributed by atoms with Crippen molar-refractivity contribution in [1.82, 2.24) is 15.1 Å². The molecule has 0 saturated carbocycles. The second kappa shape index (κ2) is 4.35. The first-order chi connectivity index (χ1) is 7.24.